The normalized spacial score (nSPS) is 35.6. The van der Waals surface area contributed by atoms with E-state index in [4.69, 9.17) is 23.2 Å². The van der Waals surface area contributed by atoms with Gasteiger partial charge >= 0.3 is 0 Å². The number of likely N-dealkylation sites (tertiary alicyclic amines) is 1. The first-order valence-corrected chi connectivity index (χ1v) is 11.4. The summed E-state index contributed by atoms with van der Waals surface area (Å²) in [6, 6.07) is 5.17. The third kappa shape index (κ3) is 3.05. The number of anilines is 1. The number of halogens is 3. The van der Waals surface area contributed by atoms with Crippen molar-refractivity contribution in [2.24, 2.45) is 11.8 Å². The fourth-order valence-corrected chi connectivity index (χ4v) is 5.97. The summed E-state index contributed by atoms with van der Waals surface area (Å²) >= 11 is 12.4. The number of hydrogen-bond acceptors (Lipinski definition) is 3. The second-order valence-electron chi connectivity index (χ2n) is 8.86. The van der Waals surface area contributed by atoms with Crippen LogP contribution < -0.4 is 5.32 Å². The number of hydrogen-bond donors (Lipinski definition) is 2. The van der Waals surface area contributed by atoms with Crippen LogP contribution in [-0.2, 0) is 10.3 Å². The zero-order valence-electron chi connectivity index (χ0n) is 16.5. The molecule has 1 amide bonds. The molecule has 2 aliphatic heterocycles. The summed E-state index contributed by atoms with van der Waals surface area (Å²) < 4.78 is 15.3. The molecule has 5 rings (SSSR count). The summed E-state index contributed by atoms with van der Waals surface area (Å²) in [6.07, 6.45) is 7.69. The molecule has 30 heavy (non-hydrogen) atoms. The maximum absolute atomic E-state index is 15.3. The Bertz CT molecular complexity index is 932. The van der Waals surface area contributed by atoms with Crippen LogP contribution in [0.1, 0.15) is 31.2 Å². The van der Waals surface area contributed by atoms with Crippen LogP contribution in [0.4, 0.5) is 10.1 Å². The number of nitrogens with one attached hydrogen (secondary N) is 1. The highest BCUT2D eigenvalue weighted by atomic mass is 35.5. The average Bonchev–Trinajstić information content (AvgIpc) is 3.43. The van der Waals surface area contributed by atoms with E-state index in [1.54, 1.807) is 30.4 Å². The van der Waals surface area contributed by atoms with E-state index in [1.165, 1.54) is 12.8 Å². The van der Waals surface area contributed by atoms with Crippen LogP contribution in [0.2, 0.25) is 5.02 Å². The first-order valence-electron chi connectivity index (χ1n) is 10.6. The molecule has 5 atom stereocenters. The third-order valence-electron chi connectivity index (χ3n) is 7.16. The van der Waals surface area contributed by atoms with Gasteiger partial charge in [0.1, 0.15) is 11.7 Å². The second-order valence-corrected chi connectivity index (χ2v) is 9.80. The molecule has 2 heterocycles. The van der Waals surface area contributed by atoms with Gasteiger partial charge in [0.15, 0.2) is 0 Å². The molecule has 2 unspecified atom stereocenters. The Morgan fingerprint density at radius 3 is 2.87 bits per heavy atom. The van der Waals surface area contributed by atoms with Crippen LogP contribution in [-0.4, -0.2) is 46.7 Å². The van der Waals surface area contributed by atoms with Gasteiger partial charge in [0.2, 0.25) is 5.91 Å². The van der Waals surface area contributed by atoms with Gasteiger partial charge in [-0.1, -0.05) is 48.7 Å². The highest BCUT2D eigenvalue weighted by Gasteiger charge is 2.63. The summed E-state index contributed by atoms with van der Waals surface area (Å²) in [5.41, 5.74) is 0.933. The summed E-state index contributed by atoms with van der Waals surface area (Å²) in [5, 5.41) is 13.0. The number of benzene rings is 1. The molecule has 160 valence electrons. The lowest BCUT2D eigenvalue weighted by atomic mass is 9.73. The van der Waals surface area contributed by atoms with Crippen LogP contribution in [0.25, 0.3) is 0 Å². The Balaban J connectivity index is 1.66. The van der Waals surface area contributed by atoms with Crippen molar-refractivity contribution in [1.82, 2.24) is 4.90 Å². The molecule has 0 bridgehead atoms. The molecule has 0 radical (unpaired) electrons. The lowest BCUT2D eigenvalue weighted by Gasteiger charge is -2.41. The van der Waals surface area contributed by atoms with Crippen molar-refractivity contribution in [1.29, 1.82) is 0 Å². The Morgan fingerprint density at radius 2 is 2.13 bits per heavy atom. The number of rotatable bonds is 5. The van der Waals surface area contributed by atoms with Crippen molar-refractivity contribution >= 4 is 34.8 Å². The summed E-state index contributed by atoms with van der Waals surface area (Å²) in [7, 11) is 0. The first kappa shape index (κ1) is 20.5. The molecule has 1 saturated heterocycles. The van der Waals surface area contributed by atoms with Gasteiger partial charge in [-0.25, -0.2) is 4.39 Å². The van der Waals surface area contributed by atoms with Crippen molar-refractivity contribution in [3.63, 3.8) is 0 Å². The van der Waals surface area contributed by atoms with Gasteiger partial charge in [0.05, 0.1) is 12.0 Å². The van der Waals surface area contributed by atoms with Crippen molar-refractivity contribution in [2.75, 3.05) is 18.5 Å². The quantitative estimate of drug-likeness (QED) is 0.653. The van der Waals surface area contributed by atoms with E-state index in [-0.39, 0.29) is 18.6 Å². The van der Waals surface area contributed by atoms with E-state index in [9.17, 15) is 9.90 Å². The fraction of sp³-hybridized carbons (Fsp3) is 0.522. The highest BCUT2D eigenvalue weighted by molar-refractivity contribution is 6.31. The van der Waals surface area contributed by atoms with E-state index >= 15 is 4.39 Å². The van der Waals surface area contributed by atoms with Gasteiger partial charge in [0.25, 0.3) is 0 Å². The molecule has 2 N–H and O–H groups in total. The van der Waals surface area contributed by atoms with Crippen molar-refractivity contribution in [3.05, 3.63) is 52.6 Å². The van der Waals surface area contributed by atoms with Gasteiger partial charge in [-0.2, -0.15) is 0 Å². The summed E-state index contributed by atoms with van der Waals surface area (Å²) in [4.78, 5) is 15.8. The molecule has 1 spiro atoms. The minimum Gasteiger partial charge on any atom is -0.395 e. The van der Waals surface area contributed by atoms with Crippen LogP contribution in [0.3, 0.4) is 0 Å². The third-order valence-corrected chi connectivity index (χ3v) is 7.76. The highest BCUT2D eigenvalue weighted by Crippen LogP contribution is 2.57. The number of allylic oxidation sites excluding steroid dienone is 3. The van der Waals surface area contributed by atoms with Gasteiger partial charge in [-0.3, -0.25) is 9.69 Å². The van der Waals surface area contributed by atoms with E-state index in [0.717, 1.165) is 12.0 Å². The minimum absolute atomic E-state index is 0.0799. The first-order chi connectivity index (χ1) is 14.5. The van der Waals surface area contributed by atoms with Gasteiger partial charge < -0.3 is 10.4 Å². The Labute approximate surface area is 185 Å². The summed E-state index contributed by atoms with van der Waals surface area (Å²) in [6.45, 7) is 0.607. The molecule has 0 aromatic heterocycles. The average molecular weight is 451 g/mol. The lowest BCUT2D eigenvalue weighted by Crippen LogP contribution is -2.54. The number of carbonyl (C=O) groups is 1. The van der Waals surface area contributed by atoms with Crippen LogP contribution in [0, 0.1) is 11.8 Å². The number of fused-ring (bicyclic) bond motifs is 2. The predicted molar refractivity (Wildman–Crippen MR) is 117 cm³/mol. The van der Waals surface area contributed by atoms with Crippen LogP contribution in [0.5, 0.6) is 0 Å². The van der Waals surface area contributed by atoms with Crippen molar-refractivity contribution < 1.29 is 14.3 Å². The largest absolute Gasteiger partial charge is 0.395 e. The van der Waals surface area contributed by atoms with E-state index < -0.39 is 23.0 Å². The number of alkyl halides is 2. The lowest BCUT2D eigenvalue weighted by molar-refractivity contribution is -0.129. The Morgan fingerprint density at radius 1 is 1.33 bits per heavy atom. The standard InChI is InChI=1S/C23H25Cl2FN2O2/c24-14-6-7-17-20(10-14)27-22(30)23(17)18(16-2-1-3-19(25)21(16)26)11-15(12-29)28(23)9-8-13-4-5-13/h1-3,6-7,10,13,15,18-19,21,29H,4-5,8-9,11-12H2,(H,27,30)/t15-,18-,19?,21?,23-/m1/s1. The van der Waals surface area contributed by atoms with E-state index in [0.29, 0.717) is 35.2 Å². The Hall–Kier alpha value is -1.40. The molecule has 1 aromatic carbocycles. The van der Waals surface area contributed by atoms with Gasteiger partial charge in [0, 0.05) is 34.8 Å². The van der Waals surface area contributed by atoms with Gasteiger partial charge in [-0.05, 0) is 36.5 Å². The van der Waals surface area contributed by atoms with Gasteiger partial charge in [-0.15, -0.1) is 11.6 Å². The zero-order chi connectivity index (χ0) is 21.0. The Kier molecular flexibility index (Phi) is 5.21. The smallest absolute Gasteiger partial charge is 0.250 e. The number of nitrogens with zero attached hydrogens (tertiary/aromatic N) is 1. The van der Waals surface area contributed by atoms with Crippen molar-refractivity contribution in [2.45, 2.75) is 48.8 Å². The maximum Gasteiger partial charge on any atom is 0.250 e. The molecule has 2 aliphatic carbocycles. The van der Waals surface area contributed by atoms with Crippen LogP contribution >= 0.6 is 23.2 Å². The minimum atomic E-state index is -1.37. The zero-order valence-corrected chi connectivity index (χ0v) is 18.0. The SMILES string of the molecule is O=C1Nc2cc(Cl)ccc2[C@@]12[C@@H](C1=CC=CC(Cl)C1F)C[C@H](CO)N2CCC1CC1. The topological polar surface area (TPSA) is 52.6 Å². The molecule has 1 saturated carbocycles. The maximum atomic E-state index is 15.3. The number of amides is 1. The molecular formula is C23H25Cl2FN2O2. The predicted octanol–water partition coefficient (Wildman–Crippen LogP) is 4.41. The molecule has 2 fully saturated rings. The molecular weight excluding hydrogens is 426 g/mol. The monoisotopic (exact) mass is 450 g/mol. The molecule has 1 aromatic rings. The molecule has 7 heteroatoms. The summed E-state index contributed by atoms with van der Waals surface area (Å²) in [5.74, 6) is 0.0790. The number of aliphatic hydroxyl groups excluding tert-OH is 1. The second kappa shape index (κ2) is 7.63. The molecule has 4 aliphatic rings. The number of carbonyl (C=O) groups excluding carboxylic acids is 1. The number of aliphatic hydroxyl groups is 1. The molecule has 4 nitrogen and oxygen atoms in total. The van der Waals surface area contributed by atoms with Crippen LogP contribution in [0.15, 0.2) is 42.0 Å². The fourth-order valence-electron chi connectivity index (χ4n) is 5.57. The van der Waals surface area contributed by atoms with Crippen molar-refractivity contribution in [3.8, 4) is 0 Å². The van der Waals surface area contributed by atoms with E-state index in [1.807, 2.05) is 6.07 Å². The van der Waals surface area contributed by atoms with E-state index in [2.05, 4.69) is 10.2 Å².